The lowest BCUT2D eigenvalue weighted by Crippen LogP contribution is -2.97. The Morgan fingerprint density at radius 1 is 0.905 bits per heavy atom. The summed E-state index contributed by atoms with van der Waals surface area (Å²) in [5, 5.41) is 13.7. The first kappa shape index (κ1) is 14.5. The zero-order valence-corrected chi connectivity index (χ0v) is 13.8. The molecule has 5 fully saturated rings. The summed E-state index contributed by atoms with van der Waals surface area (Å²) in [5.41, 5.74) is 0.305. The van der Waals surface area contributed by atoms with Gasteiger partial charge in [-0.15, -0.1) is 0 Å². The molecule has 0 heterocycles. The smallest absolute Gasteiger partial charge is 0.111 e. The fraction of sp³-hybridized carbons (Fsp3) is 1.00. The van der Waals surface area contributed by atoms with Crippen LogP contribution in [0.2, 0.25) is 0 Å². The first-order valence-corrected chi connectivity index (χ1v) is 9.68. The van der Waals surface area contributed by atoms with Gasteiger partial charge in [0.05, 0.1) is 6.04 Å². The van der Waals surface area contributed by atoms with Crippen molar-refractivity contribution in [2.75, 3.05) is 0 Å². The Morgan fingerprint density at radius 2 is 1.43 bits per heavy atom. The van der Waals surface area contributed by atoms with Crippen LogP contribution in [0.4, 0.5) is 0 Å². The van der Waals surface area contributed by atoms with Crippen molar-refractivity contribution in [2.24, 2.45) is 23.2 Å². The van der Waals surface area contributed by atoms with E-state index in [-0.39, 0.29) is 6.10 Å². The molecular formula is C19H34NO+. The molecule has 0 aromatic rings. The summed E-state index contributed by atoms with van der Waals surface area (Å²) in [4.78, 5) is 0. The molecule has 0 unspecified atom stereocenters. The second-order valence-corrected chi connectivity index (χ2v) is 9.17. The summed E-state index contributed by atoms with van der Waals surface area (Å²) in [7, 11) is 0. The van der Waals surface area contributed by atoms with Gasteiger partial charge < -0.3 is 10.4 Å². The monoisotopic (exact) mass is 292 g/mol. The van der Waals surface area contributed by atoms with Gasteiger partial charge in [0.2, 0.25) is 0 Å². The van der Waals surface area contributed by atoms with E-state index in [2.05, 4.69) is 12.2 Å². The summed E-state index contributed by atoms with van der Waals surface area (Å²) in [6, 6.07) is 1.20. The summed E-state index contributed by atoms with van der Waals surface area (Å²) < 4.78 is 0. The quantitative estimate of drug-likeness (QED) is 0.821. The molecule has 0 aliphatic heterocycles. The third-order valence-electron chi connectivity index (χ3n) is 7.44. The number of rotatable bonds is 4. The first-order chi connectivity index (χ1) is 10.1. The Balaban J connectivity index is 1.42. The highest BCUT2D eigenvalue weighted by atomic mass is 16.3. The van der Waals surface area contributed by atoms with Crippen LogP contribution >= 0.6 is 0 Å². The van der Waals surface area contributed by atoms with Crippen molar-refractivity contribution in [1.82, 2.24) is 0 Å². The van der Waals surface area contributed by atoms with E-state index < -0.39 is 0 Å². The lowest BCUT2D eigenvalue weighted by Gasteiger charge is -2.58. The largest absolute Gasteiger partial charge is 0.386 e. The molecule has 0 aromatic heterocycles. The molecule has 2 nitrogen and oxygen atoms in total. The molecular weight excluding hydrogens is 258 g/mol. The molecule has 0 amide bonds. The van der Waals surface area contributed by atoms with Gasteiger partial charge in [0.15, 0.2) is 0 Å². The predicted octanol–water partition coefficient (Wildman–Crippen LogP) is 2.85. The van der Waals surface area contributed by atoms with Gasteiger partial charge in [-0.25, -0.2) is 0 Å². The third kappa shape index (κ3) is 2.67. The number of aliphatic hydroxyl groups is 1. The van der Waals surface area contributed by atoms with E-state index in [0.717, 1.165) is 23.8 Å². The maximum atomic E-state index is 11.2. The molecule has 0 spiro atoms. The van der Waals surface area contributed by atoms with Crippen LogP contribution in [-0.2, 0) is 0 Å². The van der Waals surface area contributed by atoms with E-state index in [4.69, 9.17) is 0 Å². The Bertz CT molecular complexity index is 338. The van der Waals surface area contributed by atoms with Crippen LogP contribution < -0.4 is 5.32 Å². The summed E-state index contributed by atoms with van der Waals surface area (Å²) in [5.74, 6) is 2.85. The van der Waals surface area contributed by atoms with Crippen LogP contribution in [0.15, 0.2) is 0 Å². The highest BCUT2D eigenvalue weighted by molar-refractivity contribution is 5.05. The van der Waals surface area contributed by atoms with Crippen molar-refractivity contribution in [3.63, 3.8) is 0 Å². The standard InChI is InChI=1S/C19H33NO/c1-13(20-17-5-3-2-4-6-17)18(21)19-10-14-7-15(11-19)9-16(8-14)12-19/h13-18,20-21H,2-12H2,1H3/p+1/t13-,14?,15?,16?,18+,19?/m0/s1. The first-order valence-electron chi connectivity index (χ1n) is 9.68. The lowest BCUT2D eigenvalue weighted by molar-refractivity contribution is -0.729. The molecule has 0 aromatic carbocycles. The molecule has 0 radical (unpaired) electrons. The second kappa shape index (κ2) is 5.53. The van der Waals surface area contributed by atoms with Gasteiger partial charge in [-0.05, 0) is 88.9 Å². The molecule has 0 saturated heterocycles. The molecule has 2 heteroatoms. The number of aliphatic hydroxyl groups excluding tert-OH is 1. The minimum Gasteiger partial charge on any atom is -0.386 e. The van der Waals surface area contributed by atoms with Gasteiger partial charge in [-0.3, -0.25) is 0 Å². The van der Waals surface area contributed by atoms with E-state index in [0.29, 0.717) is 11.5 Å². The van der Waals surface area contributed by atoms with Crippen LogP contribution in [0.3, 0.4) is 0 Å². The van der Waals surface area contributed by atoms with E-state index in [9.17, 15) is 5.11 Å². The molecule has 4 bridgehead atoms. The van der Waals surface area contributed by atoms with E-state index in [1.54, 1.807) is 0 Å². The van der Waals surface area contributed by atoms with Gasteiger partial charge in [-0.2, -0.15) is 0 Å². The van der Waals surface area contributed by atoms with Crippen LogP contribution in [0.1, 0.15) is 77.6 Å². The fourth-order valence-corrected chi connectivity index (χ4v) is 6.96. The van der Waals surface area contributed by atoms with Gasteiger partial charge in [-0.1, -0.05) is 6.42 Å². The molecule has 21 heavy (non-hydrogen) atoms. The minimum absolute atomic E-state index is 0.0622. The lowest BCUT2D eigenvalue weighted by atomic mass is 9.47. The summed E-state index contributed by atoms with van der Waals surface area (Å²) in [6.45, 7) is 2.30. The highest BCUT2D eigenvalue weighted by Gasteiger charge is 2.55. The number of nitrogens with two attached hydrogens (primary N) is 1. The Kier molecular flexibility index (Phi) is 3.82. The van der Waals surface area contributed by atoms with Crippen molar-refractivity contribution in [3.8, 4) is 0 Å². The van der Waals surface area contributed by atoms with Crippen molar-refractivity contribution >= 4 is 0 Å². The van der Waals surface area contributed by atoms with Gasteiger partial charge >= 0.3 is 0 Å². The molecule has 120 valence electrons. The van der Waals surface area contributed by atoms with Crippen LogP contribution in [0, 0.1) is 23.2 Å². The van der Waals surface area contributed by atoms with Gasteiger partial charge in [0, 0.05) is 5.41 Å². The predicted molar refractivity (Wildman–Crippen MR) is 84.9 cm³/mol. The maximum absolute atomic E-state index is 11.2. The Hall–Kier alpha value is -0.0800. The zero-order chi connectivity index (χ0) is 14.4. The number of quaternary nitrogens is 1. The molecule has 2 atom stereocenters. The molecule has 5 saturated carbocycles. The van der Waals surface area contributed by atoms with Crippen molar-refractivity contribution in [3.05, 3.63) is 0 Å². The molecule has 3 N–H and O–H groups in total. The molecule has 5 rings (SSSR count). The normalized spacial score (nSPS) is 45.7. The van der Waals surface area contributed by atoms with Crippen LogP contribution in [0.5, 0.6) is 0 Å². The van der Waals surface area contributed by atoms with Crippen molar-refractivity contribution in [1.29, 1.82) is 0 Å². The van der Waals surface area contributed by atoms with Gasteiger partial charge in [0.1, 0.15) is 12.1 Å². The van der Waals surface area contributed by atoms with Gasteiger partial charge in [0.25, 0.3) is 0 Å². The van der Waals surface area contributed by atoms with Crippen LogP contribution in [0.25, 0.3) is 0 Å². The second-order valence-electron chi connectivity index (χ2n) is 9.17. The van der Waals surface area contributed by atoms with Crippen LogP contribution in [-0.4, -0.2) is 23.3 Å². The maximum Gasteiger partial charge on any atom is 0.111 e. The Morgan fingerprint density at radius 3 is 1.95 bits per heavy atom. The SMILES string of the molecule is C[C@H]([NH2+]C1CCCCC1)[C@@H](O)C12CC3CC(CC(C3)C1)C2. The highest BCUT2D eigenvalue weighted by Crippen LogP contribution is 2.61. The minimum atomic E-state index is -0.0622. The number of hydrogen-bond acceptors (Lipinski definition) is 1. The average molecular weight is 292 g/mol. The van der Waals surface area contributed by atoms with E-state index >= 15 is 0 Å². The fourth-order valence-electron chi connectivity index (χ4n) is 6.96. The zero-order valence-electron chi connectivity index (χ0n) is 13.8. The summed E-state index contributed by atoms with van der Waals surface area (Å²) in [6.07, 6.45) is 15.4. The van der Waals surface area contributed by atoms with E-state index in [1.807, 2.05) is 0 Å². The third-order valence-corrected chi connectivity index (χ3v) is 7.44. The Labute approximate surface area is 130 Å². The van der Waals surface area contributed by atoms with E-state index in [1.165, 1.54) is 70.6 Å². The van der Waals surface area contributed by atoms with Crippen molar-refractivity contribution in [2.45, 2.75) is 95.7 Å². The van der Waals surface area contributed by atoms with Crippen molar-refractivity contribution < 1.29 is 10.4 Å². The summed E-state index contributed by atoms with van der Waals surface area (Å²) >= 11 is 0. The topological polar surface area (TPSA) is 36.8 Å². The average Bonchev–Trinajstić information content (AvgIpc) is 2.46. The molecule has 5 aliphatic carbocycles. The molecule has 5 aliphatic rings. The number of hydrogen-bond donors (Lipinski definition) is 2.